The standard InChI is InChI=1S/C23H26FN5O3/c24-15-3-1-14(2-4-15)19(31)18(11-30)28-22(32)17-6-10-29(12-23(17)7-8-23)21-16-5-9-25-20(16)26-13-27-21/h1-5,9,13,17-19,30-31H,6-8,10-12H2,(H,28,32)(H,25,26,27)/t17?,18-,19-/m0/s1. The van der Waals surface area contributed by atoms with Crippen LogP contribution in [0, 0.1) is 17.2 Å². The Labute approximate surface area is 184 Å². The number of aliphatic hydroxyl groups is 2. The molecule has 2 aliphatic rings. The molecule has 3 aromatic rings. The lowest BCUT2D eigenvalue weighted by atomic mass is 9.81. The van der Waals surface area contributed by atoms with Crippen molar-refractivity contribution in [3.63, 3.8) is 0 Å². The molecule has 2 aromatic heterocycles. The zero-order valence-electron chi connectivity index (χ0n) is 17.5. The predicted molar refractivity (Wildman–Crippen MR) is 116 cm³/mol. The first-order chi connectivity index (χ1) is 15.5. The van der Waals surface area contributed by atoms with Gasteiger partial charge in [-0.05, 0) is 48.4 Å². The molecule has 8 nitrogen and oxygen atoms in total. The number of aromatic nitrogens is 3. The highest BCUT2D eigenvalue weighted by Crippen LogP contribution is 2.56. The summed E-state index contributed by atoms with van der Waals surface area (Å²) in [5.74, 6) is 0.114. The monoisotopic (exact) mass is 439 g/mol. The van der Waals surface area contributed by atoms with Gasteiger partial charge in [0.15, 0.2) is 0 Å². The van der Waals surface area contributed by atoms with Gasteiger partial charge >= 0.3 is 0 Å². The van der Waals surface area contributed by atoms with Gasteiger partial charge in [-0.25, -0.2) is 14.4 Å². The van der Waals surface area contributed by atoms with Crippen LogP contribution in [0.25, 0.3) is 11.0 Å². The number of amides is 1. The molecular formula is C23H26FN5O3. The Hall–Kier alpha value is -3.04. The van der Waals surface area contributed by atoms with Crippen LogP contribution in [0.5, 0.6) is 0 Å². The second-order valence-corrected chi connectivity index (χ2v) is 8.86. The molecule has 5 rings (SSSR count). The third-order valence-electron chi connectivity index (χ3n) is 6.89. The van der Waals surface area contributed by atoms with E-state index in [-0.39, 0.29) is 17.2 Å². The summed E-state index contributed by atoms with van der Waals surface area (Å²) in [6, 6.07) is 6.52. The van der Waals surface area contributed by atoms with Gasteiger partial charge in [-0.1, -0.05) is 12.1 Å². The molecule has 1 aliphatic heterocycles. The summed E-state index contributed by atoms with van der Waals surface area (Å²) < 4.78 is 13.2. The second-order valence-electron chi connectivity index (χ2n) is 8.86. The van der Waals surface area contributed by atoms with Gasteiger partial charge in [0.2, 0.25) is 5.91 Å². The first-order valence-electron chi connectivity index (χ1n) is 10.9. The number of carbonyl (C=O) groups excluding carboxylic acids is 1. The third-order valence-corrected chi connectivity index (χ3v) is 6.89. The van der Waals surface area contributed by atoms with Gasteiger partial charge in [0.1, 0.15) is 29.7 Å². The molecule has 168 valence electrons. The SMILES string of the molecule is O=C(N[C@@H](CO)[C@@H](O)c1ccc(F)cc1)C1CCN(c2ncnc3[nH]ccc23)CC12CC2. The molecule has 3 atom stereocenters. The number of aliphatic hydroxyl groups excluding tert-OH is 2. The summed E-state index contributed by atoms with van der Waals surface area (Å²) in [5.41, 5.74) is 1.11. The Morgan fingerprint density at radius 3 is 2.78 bits per heavy atom. The lowest BCUT2D eigenvalue weighted by Gasteiger charge is -2.39. The molecule has 9 heteroatoms. The zero-order valence-corrected chi connectivity index (χ0v) is 17.5. The van der Waals surface area contributed by atoms with Crippen LogP contribution >= 0.6 is 0 Å². The van der Waals surface area contributed by atoms with Gasteiger partial charge in [-0.2, -0.15) is 0 Å². The number of H-pyrrole nitrogens is 1. The minimum Gasteiger partial charge on any atom is -0.394 e. The van der Waals surface area contributed by atoms with Crippen LogP contribution in [-0.4, -0.2) is 56.8 Å². The van der Waals surface area contributed by atoms with Crippen molar-refractivity contribution in [3.05, 3.63) is 54.2 Å². The Kier molecular flexibility index (Phi) is 5.30. The summed E-state index contributed by atoms with van der Waals surface area (Å²) in [7, 11) is 0. The number of benzene rings is 1. The van der Waals surface area contributed by atoms with Gasteiger partial charge in [-0.15, -0.1) is 0 Å². The molecule has 1 aliphatic carbocycles. The third kappa shape index (κ3) is 3.71. The molecule has 3 heterocycles. The van der Waals surface area contributed by atoms with E-state index in [1.807, 2.05) is 12.3 Å². The number of halogens is 1. The smallest absolute Gasteiger partial charge is 0.224 e. The number of aromatic amines is 1. The summed E-state index contributed by atoms with van der Waals surface area (Å²) in [6.07, 6.45) is 4.84. The van der Waals surface area contributed by atoms with Gasteiger partial charge in [0.05, 0.1) is 18.0 Å². The molecule has 1 unspecified atom stereocenters. The topological polar surface area (TPSA) is 114 Å². The van der Waals surface area contributed by atoms with Crippen LogP contribution in [-0.2, 0) is 4.79 Å². The van der Waals surface area contributed by atoms with Crippen molar-refractivity contribution in [2.75, 3.05) is 24.6 Å². The molecule has 1 amide bonds. The van der Waals surface area contributed by atoms with Crippen LogP contribution in [0.15, 0.2) is 42.9 Å². The number of fused-ring (bicyclic) bond motifs is 1. The van der Waals surface area contributed by atoms with E-state index in [4.69, 9.17) is 0 Å². The van der Waals surface area contributed by atoms with E-state index in [9.17, 15) is 19.4 Å². The maximum absolute atomic E-state index is 13.2. The van der Waals surface area contributed by atoms with Crippen molar-refractivity contribution in [3.8, 4) is 0 Å². The van der Waals surface area contributed by atoms with Crippen LogP contribution in [0.2, 0.25) is 0 Å². The first kappa shape index (κ1) is 20.8. The highest BCUT2D eigenvalue weighted by molar-refractivity contribution is 5.88. The fourth-order valence-electron chi connectivity index (χ4n) is 4.93. The van der Waals surface area contributed by atoms with E-state index >= 15 is 0 Å². The van der Waals surface area contributed by atoms with E-state index in [1.54, 1.807) is 6.33 Å². The average Bonchev–Trinajstić information content (AvgIpc) is 3.38. The van der Waals surface area contributed by atoms with Crippen LogP contribution in [0.4, 0.5) is 10.2 Å². The number of piperidine rings is 1. The fourth-order valence-corrected chi connectivity index (χ4v) is 4.93. The fraction of sp³-hybridized carbons (Fsp3) is 0.435. The Morgan fingerprint density at radius 1 is 1.28 bits per heavy atom. The number of anilines is 1. The minimum absolute atomic E-state index is 0.128. The second kappa shape index (κ2) is 8.14. The van der Waals surface area contributed by atoms with E-state index in [2.05, 4.69) is 25.2 Å². The summed E-state index contributed by atoms with van der Waals surface area (Å²) >= 11 is 0. The van der Waals surface area contributed by atoms with Crippen molar-refractivity contribution >= 4 is 22.8 Å². The number of rotatable bonds is 6. The Bertz CT molecular complexity index is 1110. The van der Waals surface area contributed by atoms with Gasteiger partial charge < -0.3 is 25.4 Å². The van der Waals surface area contributed by atoms with Crippen LogP contribution in [0.3, 0.4) is 0 Å². The molecule has 1 aromatic carbocycles. The van der Waals surface area contributed by atoms with Crippen molar-refractivity contribution in [2.45, 2.75) is 31.4 Å². The largest absolute Gasteiger partial charge is 0.394 e. The van der Waals surface area contributed by atoms with E-state index in [0.29, 0.717) is 18.5 Å². The van der Waals surface area contributed by atoms with Crippen molar-refractivity contribution < 1.29 is 19.4 Å². The van der Waals surface area contributed by atoms with Gasteiger partial charge in [0, 0.05) is 25.2 Å². The first-order valence-corrected chi connectivity index (χ1v) is 10.9. The molecule has 0 radical (unpaired) electrons. The lowest BCUT2D eigenvalue weighted by molar-refractivity contribution is -0.130. The number of nitrogens with one attached hydrogen (secondary N) is 2. The highest BCUT2D eigenvalue weighted by Gasteiger charge is 2.55. The van der Waals surface area contributed by atoms with Crippen LogP contribution < -0.4 is 10.2 Å². The van der Waals surface area contributed by atoms with Crippen molar-refractivity contribution in [1.29, 1.82) is 0 Å². The number of nitrogens with zero attached hydrogens (tertiary/aromatic N) is 3. The molecular weight excluding hydrogens is 413 g/mol. The quantitative estimate of drug-likeness (QED) is 0.467. The lowest BCUT2D eigenvalue weighted by Crippen LogP contribution is -2.51. The normalized spacial score (nSPS) is 21.5. The molecule has 32 heavy (non-hydrogen) atoms. The van der Waals surface area contributed by atoms with Gasteiger partial charge in [0.25, 0.3) is 0 Å². The Balaban J connectivity index is 1.29. The molecule has 1 saturated heterocycles. The van der Waals surface area contributed by atoms with Crippen molar-refractivity contribution in [2.24, 2.45) is 11.3 Å². The minimum atomic E-state index is -1.12. The molecule has 1 saturated carbocycles. The predicted octanol–water partition coefficient (Wildman–Crippen LogP) is 1.91. The molecule has 4 N–H and O–H groups in total. The highest BCUT2D eigenvalue weighted by atomic mass is 19.1. The van der Waals surface area contributed by atoms with Crippen LogP contribution in [0.1, 0.15) is 30.9 Å². The maximum Gasteiger partial charge on any atom is 0.224 e. The molecule has 0 bridgehead atoms. The van der Waals surface area contributed by atoms with Gasteiger partial charge in [-0.3, -0.25) is 4.79 Å². The number of hydrogen-bond acceptors (Lipinski definition) is 6. The van der Waals surface area contributed by atoms with E-state index in [0.717, 1.165) is 36.2 Å². The number of carbonyl (C=O) groups is 1. The molecule has 1 spiro atoms. The summed E-state index contributed by atoms with van der Waals surface area (Å²) in [6.45, 7) is 0.997. The summed E-state index contributed by atoms with van der Waals surface area (Å²) in [4.78, 5) is 27.3. The van der Waals surface area contributed by atoms with E-state index in [1.165, 1.54) is 24.3 Å². The summed E-state index contributed by atoms with van der Waals surface area (Å²) in [5, 5.41) is 24.2. The average molecular weight is 439 g/mol. The zero-order chi connectivity index (χ0) is 22.3. The Morgan fingerprint density at radius 2 is 2.06 bits per heavy atom. The number of hydrogen-bond donors (Lipinski definition) is 4. The van der Waals surface area contributed by atoms with E-state index < -0.39 is 24.6 Å². The molecule has 2 fully saturated rings. The maximum atomic E-state index is 13.2. The van der Waals surface area contributed by atoms with Crippen molar-refractivity contribution in [1.82, 2.24) is 20.3 Å².